The number of ether oxygens (including phenoxy) is 2. The molecule has 2 aromatic carbocycles. The number of hydrogen-bond acceptors (Lipinski definition) is 7. The van der Waals surface area contributed by atoms with Crippen molar-refractivity contribution in [2.45, 2.75) is 42.9 Å². The first-order valence-corrected chi connectivity index (χ1v) is 12.0. The highest BCUT2D eigenvalue weighted by Gasteiger charge is 2.29. The van der Waals surface area contributed by atoms with Gasteiger partial charge in [-0.15, -0.1) is 11.8 Å². The molecule has 0 saturated carbocycles. The number of thioether (sulfide) groups is 1. The molecule has 1 aliphatic rings. The van der Waals surface area contributed by atoms with E-state index in [2.05, 4.69) is 4.98 Å². The van der Waals surface area contributed by atoms with Crippen LogP contribution < -0.4 is 20.7 Å². The average Bonchev–Trinajstić information content (AvgIpc) is 3.03. The molecule has 0 bridgehead atoms. The second-order valence-electron chi connectivity index (χ2n) is 7.91. The van der Waals surface area contributed by atoms with E-state index < -0.39 is 11.2 Å². The summed E-state index contributed by atoms with van der Waals surface area (Å²) in [5, 5.41) is 10.8. The van der Waals surface area contributed by atoms with Gasteiger partial charge in [-0.25, -0.2) is 4.79 Å². The summed E-state index contributed by atoms with van der Waals surface area (Å²) in [6.07, 6.45) is 1.85. The highest BCUT2D eigenvalue weighted by atomic mass is 32.2. The van der Waals surface area contributed by atoms with Crippen LogP contribution in [0.25, 0.3) is 0 Å². The number of unbranched alkanes of at least 4 members (excludes halogenated alkanes) is 1. The number of H-pyrrole nitrogens is 1. The van der Waals surface area contributed by atoms with Gasteiger partial charge in [-0.1, -0.05) is 25.5 Å². The molecule has 1 aromatic heterocycles. The molecule has 1 aliphatic heterocycles. The number of para-hydroxylation sites is 1. The molecule has 0 saturated heterocycles. The Morgan fingerprint density at radius 1 is 1.18 bits per heavy atom. The molecule has 8 nitrogen and oxygen atoms in total. The molecule has 4 rings (SSSR count). The molecule has 0 aliphatic carbocycles. The number of nitrogens with one attached hydrogen (secondary N) is 1. The first kappa shape index (κ1) is 23.7. The maximum absolute atomic E-state index is 12.9. The van der Waals surface area contributed by atoms with Crippen LogP contribution >= 0.6 is 11.8 Å². The molecular weight excluding hydrogens is 454 g/mol. The molecule has 2 heterocycles. The van der Waals surface area contributed by atoms with Crippen LogP contribution in [0.15, 0.2) is 61.9 Å². The minimum atomic E-state index is -0.658. The van der Waals surface area contributed by atoms with E-state index >= 15 is 0 Å². The fourth-order valence-corrected chi connectivity index (χ4v) is 5.23. The third-order valence-corrected chi connectivity index (χ3v) is 7.05. The normalized spacial score (nSPS) is 15.3. The van der Waals surface area contributed by atoms with Crippen LogP contribution in [0.2, 0.25) is 0 Å². The van der Waals surface area contributed by atoms with Gasteiger partial charge in [0.15, 0.2) is 0 Å². The Labute approximate surface area is 201 Å². The Morgan fingerprint density at radius 2 is 1.97 bits per heavy atom. The Kier molecular flexibility index (Phi) is 7.12. The van der Waals surface area contributed by atoms with Crippen molar-refractivity contribution < 1.29 is 14.6 Å². The van der Waals surface area contributed by atoms with Gasteiger partial charge in [0.05, 0.1) is 25.6 Å². The number of rotatable bonds is 7. The van der Waals surface area contributed by atoms with Gasteiger partial charge in [-0.2, -0.15) is 0 Å². The van der Waals surface area contributed by atoms with Gasteiger partial charge >= 0.3 is 5.69 Å². The maximum atomic E-state index is 12.9. The Morgan fingerprint density at radius 3 is 2.71 bits per heavy atom. The number of methoxy groups -OCH3 is 2. The number of aromatic nitrogens is 2. The predicted molar refractivity (Wildman–Crippen MR) is 133 cm³/mol. The van der Waals surface area contributed by atoms with Crippen molar-refractivity contribution in [1.82, 2.24) is 9.55 Å². The Balaban J connectivity index is 1.90. The smallest absolute Gasteiger partial charge is 0.331 e. The Bertz CT molecular complexity index is 1350. The standard InChI is InChI=1S/C25H27N3O5S/c1-4-5-12-28-24(30)22(23(29)27-25(28)31)18-14-21(34-20-9-7-6-8-17(20)26-18)16-13-15(32-2)10-11-19(16)33-3/h6-11,13,21,30H,4-5,12,14H2,1-3H3,(H,27,29,31)/t21-/m1/s1. The van der Waals surface area contributed by atoms with Crippen LogP contribution in [-0.2, 0) is 6.54 Å². The van der Waals surface area contributed by atoms with Crippen molar-refractivity contribution in [3.63, 3.8) is 0 Å². The molecule has 9 heteroatoms. The van der Waals surface area contributed by atoms with Crippen molar-refractivity contribution in [3.8, 4) is 17.4 Å². The van der Waals surface area contributed by atoms with Crippen molar-refractivity contribution in [2.24, 2.45) is 4.99 Å². The lowest BCUT2D eigenvalue weighted by Gasteiger charge is -2.20. The zero-order chi connectivity index (χ0) is 24.2. The molecule has 34 heavy (non-hydrogen) atoms. The number of aliphatic imine (C=N–C) groups is 1. The summed E-state index contributed by atoms with van der Waals surface area (Å²) in [6.45, 7) is 2.29. The summed E-state index contributed by atoms with van der Waals surface area (Å²) in [5.74, 6) is 1.01. The zero-order valence-corrected chi connectivity index (χ0v) is 20.1. The van der Waals surface area contributed by atoms with Gasteiger partial charge in [0.2, 0.25) is 5.88 Å². The Hall–Kier alpha value is -3.46. The second-order valence-corrected chi connectivity index (χ2v) is 9.15. The van der Waals surface area contributed by atoms with Gasteiger partial charge in [0.1, 0.15) is 17.1 Å². The SMILES string of the molecule is CCCCn1c(O)c(C2=Nc3ccccc3S[C@@H](c3cc(OC)ccc3OC)C2)c(=O)[nH]c1=O. The van der Waals surface area contributed by atoms with Crippen molar-refractivity contribution >= 4 is 23.2 Å². The molecule has 178 valence electrons. The van der Waals surface area contributed by atoms with Crippen LogP contribution in [0.5, 0.6) is 17.4 Å². The van der Waals surface area contributed by atoms with Crippen LogP contribution in [0, 0.1) is 0 Å². The molecular formula is C25H27N3O5S. The van der Waals surface area contributed by atoms with Gasteiger partial charge in [-0.05, 0) is 36.8 Å². The van der Waals surface area contributed by atoms with Crippen molar-refractivity contribution in [2.75, 3.05) is 14.2 Å². The first-order valence-electron chi connectivity index (χ1n) is 11.1. The summed E-state index contributed by atoms with van der Waals surface area (Å²) in [5.41, 5.74) is 0.698. The van der Waals surface area contributed by atoms with Crippen LogP contribution in [0.3, 0.4) is 0 Å². The second kappa shape index (κ2) is 10.2. The van der Waals surface area contributed by atoms with E-state index in [1.807, 2.05) is 49.4 Å². The lowest BCUT2D eigenvalue weighted by Crippen LogP contribution is -2.34. The van der Waals surface area contributed by atoms with E-state index in [9.17, 15) is 14.7 Å². The maximum Gasteiger partial charge on any atom is 0.331 e. The fourth-order valence-electron chi connectivity index (χ4n) is 3.98. The zero-order valence-electron chi connectivity index (χ0n) is 19.3. The van der Waals surface area contributed by atoms with Gasteiger partial charge in [-0.3, -0.25) is 19.3 Å². The minimum Gasteiger partial charge on any atom is -0.497 e. The monoisotopic (exact) mass is 481 g/mol. The number of benzene rings is 2. The number of aromatic amines is 1. The predicted octanol–water partition coefficient (Wildman–Crippen LogP) is 4.42. The minimum absolute atomic E-state index is 0.0138. The summed E-state index contributed by atoms with van der Waals surface area (Å²) in [7, 11) is 3.21. The van der Waals surface area contributed by atoms with Gasteiger partial charge in [0, 0.05) is 28.7 Å². The highest BCUT2D eigenvalue weighted by molar-refractivity contribution is 7.99. The van der Waals surface area contributed by atoms with Gasteiger partial charge in [0.25, 0.3) is 5.56 Å². The molecule has 0 radical (unpaired) electrons. The summed E-state index contributed by atoms with van der Waals surface area (Å²) in [4.78, 5) is 33.4. The van der Waals surface area contributed by atoms with E-state index in [4.69, 9.17) is 14.5 Å². The average molecular weight is 482 g/mol. The third-order valence-electron chi connectivity index (χ3n) is 5.75. The molecule has 0 spiro atoms. The largest absolute Gasteiger partial charge is 0.497 e. The van der Waals surface area contributed by atoms with E-state index in [1.54, 1.807) is 26.0 Å². The van der Waals surface area contributed by atoms with E-state index in [0.29, 0.717) is 42.3 Å². The van der Waals surface area contributed by atoms with E-state index in [0.717, 1.165) is 16.9 Å². The number of aromatic hydroxyl groups is 1. The molecule has 1 atom stereocenters. The lowest BCUT2D eigenvalue weighted by molar-refractivity contribution is 0.394. The fraction of sp³-hybridized carbons (Fsp3) is 0.320. The molecule has 2 N–H and O–H groups in total. The summed E-state index contributed by atoms with van der Waals surface area (Å²) in [6, 6.07) is 13.2. The summed E-state index contributed by atoms with van der Waals surface area (Å²) >= 11 is 1.60. The highest BCUT2D eigenvalue weighted by Crippen LogP contribution is 2.48. The molecule has 0 fully saturated rings. The van der Waals surface area contributed by atoms with Crippen molar-refractivity contribution in [3.05, 3.63) is 74.4 Å². The quantitative estimate of drug-likeness (QED) is 0.518. The first-order chi connectivity index (χ1) is 16.5. The van der Waals surface area contributed by atoms with Crippen LogP contribution in [0.4, 0.5) is 5.69 Å². The summed E-state index contributed by atoms with van der Waals surface area (Å²) < 4.78 is 12.3. The van der Waals surface area contributed by atoms with E-state index in [1.165, 1.54) is 4.57 Å². The molecule has 0 unspecified atom stereocenters. The topological polar surface area (TPSA) is 106 Å². The van der Waals surface area contributed by atoms with E-state index in [-0.39, 0.29) is 16.7 Å². The number of nitrogens with zero attached hydrogens (tertiary/aromatic N) is 2. The lowest BCUT2D eigenvalue weighted by atomic mass is 10.0. The number of hydrogen-bond donors (Lipinski definition) is 2. The molecule has 0 amide bonds. The third kappa shape index (κ3) is 4.61. The van der Waals surface area contributed by atoms with Crippen molar-refractivity contribution in [1.29, 1.82) is 0 Å². The van der Waals surface area contributed by atoms with Crippen LogP contribution in [-0.4, -0.2) is 34.6 Å². The molecule has 3 aromatic rings. The number of fused-ring (bicyclic) bond motifs is 1. The van der Waals surface area contributed by atoms with Gasteiger partial charge < -0.3 is 14.6 Å². The van der Waals surface area contributed by atoms with Crippen LogP contribution in [0.1, 0.15) is 42.6 Å².